The number of amides is 3. The SMILES string of the molecule is CC(=O)O.CC(C(N)=O)(c1cccnc1)N(C(=O)[C@H](CC(=O)NC[C@@H]1CCCN(C(=N)N)C1)NS(=O)(=O)c1ccc2ccccc2c1)C1CC1. The number of carboxylic acids is 1. The first-order chi connectivity index (χ1) is 23.6. The molecule has 3 aromatic rings. The maximum atomic E-state index is 14.5. The molecule has 15 nitrogen and oxygen atoms in total. The fourth-order valence-electron chi connectivity index (χ4n) is 6.05. The Kier molecular flexibility index (Phi) is 12.1. The molecular formula is C34H44N8O7S. The van der Waals surface area contributed by atoms with Crippen LogP contribution in [0, 0.1) is 11.3 Å². The van der Waals surface area contributed by atoms with E-state index in [1.165, 1.54) is 36.4 Å². The minimum atomic E-state index is -4.31. The molecule has 1 saturated heterocycles. The van der Waals surface area contributed by atoms with Crippen LogP contribution in [0.25, 0.3) is 10.8 Å². The van der Waals surface area contributed by atoms with Crippen molar-refractivity contribution in [3.05, 3.63) is 72.6 Å². The summed E-state index contributed by atoms with van der Waals surface area (Å²) in [5, 5.41) is 19.5. The summed E-state index contributed by atoms with van der Waals surface area (Å²) in [6.07, 6.45) is 5.25. The van der Waals surface area contributed by atoms with Crippen molar-refractivity contribution in [2.45, 2.75) is 68.5 Å². The number of pyridine rings is 1. The fourth-order valence-corrected chi connectivity index (χ4v) is 7.28. The third kappa shape index (κ3) is 9.32. The number of carbonyl (C=O) groups excluding carboxylic acids is 3. The molecule has 1 aliphatic heterocycles. The zero-order valence-electron chi connectivity index (χ0n) is 28.0. The summed E-state index contributed by atoms with van der Waals surface area (Å²) in [6.45, 7) is 4.03. The van der Waals surface area contributed by atoms with E-state index in [-0.39, 0.29) is 29.4 Å². The fraction of sp³-hybridized carbons (Fsp3) is 0.412. The number of aromatic nitrogens is 1. The molecule has 2 fully saturated rings. The van der Waals surface area contributed by atoms with Gasteiger partial charge in [-0.1, -0.05) is 36.4 Å². The van der Waals surface area contributed by atoms with Crippen molar-refractivity contribution in [1.82, 2.24) is 24.8 Å². The van der Waals surface area contributed by atoms with Crippen LogP contribution in [0.15, 0.2) is 71.9 Å². The molecule has 3 amide bonds. The molecule has 1 unspecified atom stereocenters. The highest BCUT2D eigenvalue weighted by atomic mass is 32.2. The van der Waals surface area contributed by atoms with Crippen LogP contribution < -0.4 is 21.5 Å². The van der Waals surface area contributed by atoms with Gasteiger partial charge < -0.3 is 31.7 Å². The van der Waals surface area contributed by atoms with Crippen molar-refractivity contribution in [2.24, 2.45) is 17.4 Å². The zero-order chi connectivity index (χ0) is 36.6. The van der Waals surface area contributed by atoms with E-state index in [4.69, 9.17) is 26.8 Å². The molecule has 50 heavy (non-hydrogen) atoms. The number of primary amides is 1. The third-order valence-electron chi connectivity index (χ3n) is 8.80. The average Bonchev–Trinajstić information content (AvgIpc) is 3.92. The summed E-state index contributed by atoms with van der Waals surface area (Å²) in [5.41, 5.74) is 10.3. The van der Waals surface area contributed by atoms with Crippen LogP contribution in [0.1, 0.15) is 51.5 Å². The van der Waals surface area contributed by atoms with Crippen molar-refractivity contribution in [3.8, 4) is 0 Å². The normalized spacial score (nSPS) is 17.7. The second-order valence-corrected chi connectivity index (χ2v) is 14.4. The highest BCUT2D eigenvalue weighted by molar-refractivity contribution is 7.89. The number of nitrogens with two attached hydrogens (primary N) is 2. The van der Waals surface area contributed by atoms with Gasteiger partial charge >= 0.3 is 0 Å². The molecule has 2 aromatic carbocycles. The van der Waals surface area contributed by atoms with Crippen molar-refractivity contribution in [2.75, 3.05) is 19.6 Å². The lowest BCUT2D eigenvalue weighted by molar-refractivity contribution is -0.149. The van der Waals surface area contributed by atoms with Crippen molar-refractivity contribution >= 4 is 50.4 Å². The van der Waals surface area contributed by atoms with Crippen LogP contribution in [0.4, 0.5) is 0 Å². The molecule has 1 saturated carbocycles. The van der Waals surface area contributed by atoms with Gasteiger partial charge in [-0.05, 0) is 67.5 Å². The Morgan fingerprint density at radius 2 is 1.76 bits per heavy atom. The summed E-state index contributed by atoms with van der Waals surface area (Å²) in [7, 11) is -4.31. The molecular weight excluding hydrogens is 664 g/mol. The maximum absolute atomic E-state index is 14.5. The summed E-state index contributed by atoms with van der Waals surface area (Å²) in [4.78, 5) is 57.0. The molecule has 1 aromatic heterocycles. The van der Waals surface area contributed by atoms with Gasteiger partial charge in [-0.3, -0.25) is 29.6 Å². The predicted octanol–water partition coefficient (Wildman–Crippen LogP) is 1.48. The van der Waals surface area contributed by atoms with Gasteiger partial charge in [0.2, 0.25) is 27.7 Å². The van der Waals surface area contributed by atoms with Crippen molar-refractivity contribution in [3.63, 3.8) is 0 Å². The largest absolute Gasteiger partial charge is 0.481 e. The van der Waals surface area contributed by atoms with E-state index in [0.29, 0.717) is 36.9 Å². The molecule has 8 N–H and O–H groups in total. The molecule has 5 rings (SSSR count). The lowest BCUT2D eigenvalue weighted by atomic mass is 9.89. The summed E-state index contributed by atoms with van der Waals surface area (Å²) < 4.78 is 30.1. The predicted molar refractivity (Wildman–Crippen MR) is 186 cm³/mol. The Bertz CT molecular complexity index is 1830. The molecule has 0 radical (unpaired) electrons. The quantitative estimate of drug-likeness (QED) is 0.117. The van der Waals surface area contributed by atoms with Crippen LogP contribution in [-0.4, -0.2) is 89.7 Å². The van der Waals surface area contributed by atoms with E-state index in [2.05, 4.69) is 15.0 Å². The van der Waals surface area contributed by atoms with Gasteiger partial charge in [-0.15, -0.1) is 0 Å². The monoisotopic (exact) mass is 708 g/mol. The molecule has 0 spiro atoms. The minimum absolute atomic E-state index is 0.0248. The molecule has 3 atom stereocenters. The van der Waals surface area contributed by atoms with E-state index >= 15 is 0 Å². The van der Waals surface area contributed by atoms with Gasteiger partial charge in [0.15, 0.2) is 5.96 Å². The van der Waals surface area contributed by atoms with E-state index in [0.717, 1.165) is 25.2 Å². The first-order valence-corrected chi connectivity index (χ1v) is 17.7. The Balaban J connectivity index is 0.00000133. The second kappa shape index (κ2) is 16.1. The van der Waals surface area contributed by atoms with E-state index in [9.17, 15) is 22.8 Å². The number of fused-ring (bicyclic) bond motifs is 1. The topological polar surface area (TPSA) is 242 Å². The number of piperidine rings is 1. The number of hydrogen-bond donors (Lipinski definition) is 6. The van der Waals surface area contributed by atoms with Gasteiger partial charge in [0.1, 0.15) is 11.6 Å². The summed E-state index contributed by atoms with van der Waals surface area (Å²) in [5.74, 6) is -2.94. The van der Waals surface area contributed by atoms with E-state index in [1.807, 2.05) is 12.1 Å². The van der Waals surface area contributed by atoms with E-state index < -0.39 is 51.7 Å². The summed E-state index contributed by atoms with van der Waals surface area (Å²) in [6, 6.07) is 13.2. The van der Waals surface area contributed by atoms with Crippen molar-refractivity contribution in [1.29, 1.82) is 5.41 Å². The number of benzene rings is 2. The molecule has 1 aliphatic carbocycles. The molecule has 2 heterocycles. The van der Waals surface area contributed by atoms with Gasteiger partial charge in [0.05, 0.1) is 11.3 Å². The lowest BCUT2D eigenvalue weighted by Crippen LogP contribution is -2.61. The number of sulfonamides is 1. The van der Waals surface area contributed by atoms with Crippen LogP contribution in [0.3, 0.4) is 0 Å². The Morgan fingerprint density at radius 3 is 2.36 bits per heavy atom. The number of aliphatic carboxylic acids is 1. The van der Waals surface area contributed by atoms with Crippen LogP contribution in [-0.2, 0) is 34.7 Å². The van der Waals surface area contributed by atoms with Gasteiger partial charge in [-0.25, -0.2) is 8.42 Å². The van der Waals surface area contributed by atoms with E-state index in [1.54, 1.807) is 35.2 Å². The number of carbonyl (C=O) groups is 4. The van der Waals surface area contributed by atoms with Crippen molar-refractivity contribution < 1.29 is 32.7 Å². The average molecular weight is 709 g/mol. The smallest absolute Gasteiger partial charge is 0.300 e. The second-order valence-electron chi connectivity index (χ2n) is 12.7. The Hall–Kier alpha value is -5.09. The summed E-state index contributed by atoms with van der Waals surface area (Å²) >= 11 is 0. The zero-order valence-corrected chi connectivity index (χ0v) is 28.9. The number of likely N-dealkylation sites (tertiary alicyclic amines) is 1. The number of guanidine groups is 1. The molecule has 0 bridgehead atoms. The van der Waals surface area contributed by atoms with Gasteiger partial charge in [-0.2, -0.15) is 4.72 Å². The number of hydrogen-bond acceptors (Lipinski definition) is 8. The minimum Gasteiger partial charge on any atom is -0.481 e. The van der Waals surface area contributed by atoms with Gasteiger partial charge in [0.25, 0.3) is 5.97 Å². The lowest BCUT2D eigenvalue weighted by Gasteiger charge is -2.41. The van der Waals surface area contributed by atoms with Gasteiger partial charge in [0, 0.05) is 50.6 Å². The molecule has 16 heteroatoms. The first-order valence-electron chi connectivity index (χ1n) is 16.2. The van der Waals surface area contributed by atoms with Crippen LogP contribution in [0.5, 0.6) is 0 Å². The number of rotatable bonds is 12. The molecule has 268 valence electrons. The van der Waals surface area contributed by atoms with Crippen LogP contribution >= 0.6 is 0 Å². The first kappa shape index (κ1) is 37.7. The number of nitrogens with one attached hydrogen (secondary N) is 3. The Morgan fingerprint density at radius 1 is 1.08 bits per heavy atom. The Labute approximate surface area is 291 Å². The maximum Gasteiger partial charge on any atom is 0.300 e. The highest BCUT2D eigenvalue weighted by Crippen LogP contribution is 2.39. The standard InChI is InChI=1S/C32H40N8O5S.C2H4O2/c1-32(30(33)43,24-9-4-14-36-19-24)40(25-11-12-25)29(42)27(17-28(41)37-18-21-6-5-15-39(20-21)31(34)35)38-46(44,45)26-13-10-22-7-2-3-8-23(22)16-26;1-2(3)4/h2-4,7-10,13-14,16,19,21,25,27,38H,5-6,11-12,15,17-18,20H2,1H3,(H2,33,43)(H3,34,35)(H,37,41);1H3,(H,3,4)/t21-,27-,32?;/m0./s1. The third-order valence-corrected chi connectivity index (χ3v) is 10.3. The number of nitrogens with zero attached hydrogens (tertiary/aromatic N) is 3. The number of carboxylic acid groups (broad SMARTS) is 1. The molecule has 2 aliphatic rings. The van der Waals surface area contributed by atoms with Crippen LogP contribution in [0.2, 0.25) is 0 Å². The highest BCUT2D eigenvalue weighted by Gasteiger charge is 2.51.